The lowest BCUT2D eigenvalue weighted by molar-refractivity contribution is 0.0601. The molecular weight excluding hydrogens is 593 g/mol. The molecule has 1 aliphatic carbocycles. The van der Waals surface area contributed by atoms with E-state index >= 15 is 4.39 Å². The van der Waals surface area contributed by atoms with E-state index in [0.717, 1.165) is 19.4 Å². The van der Waals surface area contributed by atoms with Crippen LogP contribution in [0.5, 0.6) is 11.8 Å². The van der Waals surface area contributed by atoms with Gasteiger partial charge in [-0.2, -0.15) is 9.97 Å². The Labute approximate surface area is 265 Å². The van der Waals surface area contributed by atoms with Crippen molar-refractivity contribution in [2.24, 2.45) is 11.8 Å². The fourth-order valence-corrected chi connectivity index (χ4v) is 8.85. The largest absolute Gasteiger partial charge is 0.508 e. The summed E-state index contributed by atoms with van der Waals surface area (Å²) in [5.41, 5.74) is -0.813. The van der Waals surface area contributed by atoms with Crippen LogP contribution in [0.15, 0.2) is 36.4 Å². The van der Waals surface area contributed by atoms with Gasteiger partial charge in [-0.25, -0.2) is 13.2 Å². The summed E-state index contributed by atoms with van der Waals surface area (Å²) < 4.78 is 52.4. The lowest BCUT2D eigenvalue weighted by Gasteiger charge is -2.31. The number of phenolic OH excluding ortho intramolecular Hbond substituents is 1. The fraction of sp³-hybridized carbons (Fsp3) is 0.444. The number of aromatic nitrogens is 2. The van der Waals surface area contributed by atoms with Crippen LogP contribution < -0.4 is 9.64 Å². The molecule has 2 N–H and O–H groups in total. The molecule has 7 nitrogen and oxygen atoms in total. The van der Waals surface area contributed by atoms with Gasteiger partial charge in [0.25, 0.3) is 0 Å². The summed E-state index contributed by atoms with van der Waals surface area (Å²) in [5, 5.41) is 22.5. The minimum absolute atomic E-state index is 0.00210. The molecule has 0 radical (unpaired) electrons. The highest BCUT2D eigenvalue weighted by atomic mass is 19.1. The van der Waals surface area contributed by atoms with E-state index < -0.39 is 28.9 Å². The van der Waals surface area contributed by atoms with Crippen molar-refractivity contribution in [2.75, 3.05) is 37.7 Å². The smallest absolute Gasteiger partial charge is 0.319 e. The average Bonchev–Trinajstić information content (AvgIpc) is 3.73. The van der Waals surface area contributed by atoms with Crippen LogP contribution >= 0.6 is 0 Å². The van der Waals surface area contributed by atoms with Crippen molar-refractivity contribution >= 4 is 27.5 Å². The van der Waals surface area contributed by atoms with E-state index in [0.29, 0.717) is 60.9 Å². The Bertz CT molecular complexity index is 1930. The molecule has 3 aliphatic heterocycles. The lowest BCUT2D eigenvalue weighted by atomic mass is 9.93. The zero-order valence-corrected chi connectivity index (χ0v) is 25.6. The number of benzene rings is 3. The molecule has 10 heteroatoms. The summed E-state index contributed by atoms with van der Waals surface area (Å²) in [6, 6.07) is 8.89. The summed E-state index contributed by atoms with van der Waals surface area (Å²) in [6.07, 6.45) is 8.27. The number of phenols is 1. The van der Waals surface area contributed by atoms with Crippen molar-refractivity contribution in [3.8, 4) is 35.2 Å². The zero-order valence-electron chi connectivity index (χ0n) is 25.6. The van der Waals surface area contributed by atoms with Gasteiger partial charge in [-0.1, -0.05) is 18.1 Å². The molecule has 4 aromatic rings. The van der Waals surface area contributed by atoms with E-state index in [-0.39, 0.29) is 52.4 Å². The van der Waals surface area contributed by atoms with Crippen LogP contribution in [0.4, 0.5) is 19.0 Å². The number of nitrogens with zero attached hydrogens (tertiary/aromatic N) is 4. The Morgan fingerprint density at radius 3 is 2.59 bits per heavy atom. The Kier molecular flexibility index (Phi) is 6.68. The first kappa shape index (κ1) is 29.3. The van der Waals surface area contributed by atoms with Crippen LogP contribution in [-0.2, 0) is 0 Å². The average molecular weight is 629 g/mol. The Hall–Kier alpha value is -4.07. The number of hydrogen-bond donors (Lipinski definition) is 2. The molecule has 4 unspecified atom stereocenters. The number of anilines is 1. The number of alkyl halides is 1. The number of rotatable bonds is 5. The molecule has 8 rings (SSSR count). The summed E-state index contributed by atoms with van der Waals surface area (Å²) in [6.45, 7) is 4.55. The lowest BCUT2D eigenvalue weighted by Crippen LogP contribution is -2.43. The van der Waals surface area contributed by atoms with Gasteiger partial charge < -0.3 is 19.8 Å². The maximum absolute atomic E-state index is 16.9. The van der Waals surface area contributed by atoms with Gasteiger partial charge in [0.2, 0.25) is 0 Å². The highest BCUT2D eigenvalue weighted by Gasteiger charge is 2.50. The van der Waals surface area contributed by atoms with E-state index in [4.69, 9.17) is 16.1 Å². The summed E-state index contributed by atoms with van der Waals surface area (Å²) in [4.78, 5) is 13.7. The molecule has 4 aliphatic rings. The van der Waals surface area contributed by atoms with Crippen molar-refractivity contribution in [2.45, 2.75) is 56.3 Å². The van der Waals surface area contributed by atoms with E-state index in [9.17, 15) is 19.0 Å². The molecule has 3 saturated heterocycles. The van der Waals surface area contributed by atoms with Crippen LogP contribution in [0.2, 0.25) is 0 Å². The van der Waals surface area contributed by atoms with Crippen molar-refractivity contribution in [1.29, 1.82) is 0 Å². The first-order chi connectivity index (χ1) is 22.0. The second kappa shape index (κ2) is 10.5. The molecular formula is C36H35F3N4O3. The number of halogens is 3. The van der Waals surface area contributed by atoms with E-state index in [1.807, 2.05) is 6.92 Å². The standard InChI is InChI=1S/C36H35F3N4O3/c1-3-25-29(38)8-5-20-11-24(44)12-28(30(20)25)26-6-7-27-32(31(26)39)40-34(46-19-36-9-4-10-43(36)18-23(37)15-36)41-33(27)42-16-21-13-35(2,45)14-22(21)17-42/h1,5-8,11-12,21-23,44-45H,4,9-10,13-19H2,2H3. The monoisotopic (exact) mass is 628 g/mol. The first-order valence-corrected chi connectivity index (χ1v) is 16.0. The van der Waals surface area contributed by atoms with Crippen LogP contribution in [-0.4, -0.2) is 75.2 Å². The van der Waals surface area contributed by atoms with Gasteiger partial charge in [-0.05, 0) is 86.2 Å². The number of terminal acetylenes is 1. The van der Waals surface area contributed by atoms with Crippen molar-refractivity contribution in [1.82, 2.24) is 14.9 Å². The molecule has 4 heterocycles. The van der Waals surface area contributed by atoms with Gasteiger partial charge in [-0.3, -0.25) is 4.90 Å². The van der Waals surface area contributed by atoms with E-state index in [1.54, 1.807) is 12.1 Å². The fourth-order valence-electron chi connectivity index (χ4n) is 8.85. The van der Waals surface area contributed by atoms with Gasteiger partial charge in [0.15, 0.2) is 5.82 Å². The molecule has 46 heavy (non-hydrogen) atoms. The van der Waals surface area contributed by atoms with Crippen LogP contribution in [0, 0.1) is 35.8 Å². The molecule has 238 valence electrons. The van der Waals surface area contributed by atoms with Crippen LogP contribution in [0.3, 0.4) is 0 Å². The van der Waals surface area contributed by atoms with Gasteiger partial charge in [-0.15, -0.1) is 6.42 Å². The molecule has 4 atom stereocenters. The molecule has 0 bridgehead atoms. The van der Waals surface area contributed by atoms with E-state index in [2.05, 4.69) is 20.7 Å². The van der Waals surface area contributed by atoms with Gasteiger partial charge >= 0.3 is 6.01 Å². The third-order valence-electron chi connectivity index (χ3n) is 10.8. The topological polar surface area (TPSA) is 82.0 Å². The minimum atomic E-state index is -0.923. The Morgan fingerprint density at radius 1 is 1.04 bits per heavy atom. The van der Waals surface area contributed by atoms with Crippen LogP contribution in [0.25, 0.3) is 32.8 Å². The third kappa shape index (κ3) is 4.66. The molecule has 4 fully saturated rings. The molecule has 1 aromatic heterocycles. The molecule has 0 spiro atoms. The summed E-state index contributed by atoms with van der Waals surface area (Å²) in [7, 11) is 0. The van der Waals surface area contributed by atoms with Crippen molar-refractivity contribution in [3.05, 3.63) is 53.6 Å². The maximum atomic E-state index is 16.9. The number of ether oxygens (including phenoxy) is 1. The maximum Gasteiger partial charge on any atom is 0.319 e. The quantitative estimate of drug-likeness (QED) is 0.264. The summed E-state index contributed by atoms with van der Waals surface area (Å²) in [5.74, 6) is 2.05. The van der Waals surface area contributed by atoms with E-state index in [1.165, 1.54) is 24.3 Å². The second-order valence-corrected chi connectivity index (χ2v) is 14.0. The third-order valence-corrected chi connectivity index (χ3v) is 10.8. The number of aliphatic hydroxyl groups is 1. The Balaban J connectivity index is 1.26. The molecule has 0 amide bonds. The number of aromatic hydroxyl groups is 1. The highest BCUT2D eigenvalue weighted by Crippen LogP contribution is 2.47. The minimum Gasteiger partial charge on any atom is -0.508 e. The van der Waals surface area contributed by atoms with Gasteiger partial charge in [0, 0.05) is 42.4 Å². The van der Waals surface area contributed by atoms with Crippen LogP contribution in [0.1, 0.15) is 44.6 Å². The van der Waals surface area contributed by atoms with Gasteiger partial charge in [0.1, 0.15) is 35.7 Å². The number of fused-ring (bicyclic) bond motifs is 4. The SMILES string of the molecule is C#Cc1c(F)ccc2cc(O)cc(-c3ccc4c(N5CC6CC(C)(O)CC6C5)nc(OCC56CCCN5CC(F)C6)nc4c3F)c12. The molecule has 3 aromatic carbocycles. The van der Waals surface area contributed by atoms with Crippen molar-refractivity contribution in [3.63, 3.8) is 0 Å². The normalized spacial score (nSPS) is 29.0. The second-order valence-electron chi connectivity index (χ2n) is 14.0. The summed E-state index contributed by atoms with van der Waals surface area (Å²) >= 11 is 0. The number of hydrogen-bond acceptors (Lipinski definition) is 7. The zero-order chi connectivity index (χ0) is 32.0. The van der Waals surface area contributed by atoms with Crippen molar-refractivity contribution < 1.29 is 28.1 Å². The predicted octanol–water partition coefficient (Wildman–Crippen LogP) is 5.97. The first-order valence-electron chi connectivity index (χ1n) is 16.0. The molecule has 1 saturated carbocycles. The highest BCUT2D eigenvalue weighted by molar-refractivity contribution is 6.04. The van der Waals surface area contributed by atoms with Gasteiger partial charge in [0.05, 0.1) is 16.7 Å². The Morgan fingerprint density at radius 2 is 1.83 bits per heavy atom. The predicted molar refractivity (Wildman–Crippen MR) is 170 cm³/mol.